The van der Waals surface area contributed by atoms with Gasteiger partial charge in [0.25, 0.3) is 0 Å². The Morgan fingerprint density at radius 3 is 2.84 bits per heavy atom. The zero-order valence-electron chi connectivity index (χ0n) is 12.3. The molecule has 0 amide bonds. The van der Waals surface area contributed by atoms with Crippen molar-refractivity contribution in [3.63, 3.8) is 0 Å². The molecular formula is C15H24N2O2. The molecule has 1 aromatic carbocycles. The van der Waals surface area contributed by atoms with Crippen molar-refractivity contribution in [1.29, 1.82) is 0 Å². The van der Waals surface area contributed by atoms with Crippen molar-refractivity contribution in [1.82, 2.24) is 5.32 Å². The molecule has 4 nitrogen and oxygen atoms in total. The molecule has 1 N–H and O–H groups in total. The van der Waals surface area contributed by atoms with Crippen molar-refractivity contribution >= 4 is 5.69 Å². The molecule has 0 aliphatic carbocycles. The molecule has 1 aliphatic heterocycles. The van der Waals surface area contributed by atoms with Crippen LogP contribution in [0.25, 0.3) is 0 Å². The third-order valence-corrected chi connectivity index (χ3v) is 3.50. The minimum atomic E-state index is 0.379. The first-order valence-electron chi connectivity index (χ1n) is 6.79. The van der Waals surface area contributed by atoms with Gasteiger partial charge in [-0.3, -0.25) is 0 Å². The number of anilines is 1. The summed E-state index contributed by atoms with van der Waals surface area (Å²) in [5, 5.41) is 3.48. The Hall–Kier alpha value is -1.26. The molecule has 0 saturated carbocycles. The van der Waals surface area contributed by atoms with Crippen molar-refractivity contribution < 1.29 is 9.47 Å². The maximum absolute atomic E-state index is 5.52. The van der Waals surface area contributed by atoms with E-state index in [4.69, 9.17) is 9.47 Å². The highest BCUT2D eigenvalue weighted by atomic mass is 16.5. The van der Waals surface area contributed by atoms with Crippen molar-refractivity contribution in [3.05, 3.63) is 23.3 Å². The smallest absolute Gasteiger partial charge is 0.142 e. The highest BCUT2D eigenvalue weighted by molar-refractivity contribution is 5.64. The predicted molar refractivity (Wildman–Crippen MR) is 78.3 cm³/mol. The van der Waals surface area contributed by atoms with Gasteiger partial charge in [0.05, 0.1) is 26.0 Å². The Bertz CT molecular complexity index is 428. The van der Waals surface area contributed by atoms with E-state index in [1.54, 1.807) is 7.11 Å². The first kappa shape index (κ1) is 14.2. The van der Waals surface area contributed by atoms with Gasteiger partial charge >= 0.3 is 0 Å². The summed E-state index contributed by atoms with van der Waals surface area (Å²) >= 11 is 0. The molecule has 0 spiro atoms. The average Bonchev–Trinajstić information content (AvgIpc) is 2.38. The Kier molecular flexibility index (Phi) is 4.66. The molecule has 1 aromatic rings. The fourth-order valence-corrected chi connectivity index (χ4v) is 2.72. The Labute approximate surface area is 115 Å². The van der Waals surface area contributed by atoms with Crippen molar-refractivity contribution in [2.45, 2.75) is 19.9 Å². The molecule has 2 rings (SSSR count). The lowest BCUT2D eigenvalue weighted by Crippen LogP contribution is -2.47. The summed E-state index contributed by atoms with van der Waals surface area (Å²) in [5.74, 6) is 0.941. The highest BCUT2D eigenvalue weighted by Gasteiger charge is 2.18. The van der Waals surface area contributed by atoms with Gasteiger partial charge in [0.2, 0.25) is 0 Å². The van der Waals surface area contributed by atoms with Crippen molar-refractivity contribution in [2.24, 2.45) is 0 Å². The van der Waals surface area contributed by atoms with Gasteiger partial charge in [0.15, 0.2) is 0 Å². The van der Waals surface area contributed by atoms with Crippen LogP contribution in [0.2, 0.25) is 0 Å². The average molecular weight is 264 g/mol. The molecule has 19 heavy (non-hydrogen) atoms. The van der Waals surface area contributed by atoms with E-state index in [2.05, 4.69) is 43.2 Å². The fourth-order valence-electron chi connectivity index (χ4n) is 2.72. The summed E-state index contributed by atoms with van der Waals surface area (Å²) in [5.41, 5.74) is 3.64. The summed E-state index contributed by atoms with van der Waals surface area (Å²) in [7, 11) is 3.84. The number of nitrogens with zero attached hydrogens (tertiary/aromatic N) is 1. The monoisotopic (exact) mass is 264 g/mol. The van der Waals surface area contributed by atoms with Gasteiger partial charge in [0.1, 0.15) is 5.75 Å². The van der Waals surface area contributed by atoms with E-state index < -0.39 is 0 Å². The van der Waals surface area contributed by atoms with Crippen LogP contribution >= 0.6 is 0 Å². The van der Waals surface area contributed by atoms with Gasteiger partial charge in [-0.05, 0) is 31.0 Å². The van der Waals surface area contributed by atoms with Crippen LogP contribution in [0.3, 0.4) is 0 Å². The quantitative estimate of drug-likeness (QED) is 0.898. The molecule has 1 atom stereocenters. The number of ether oxygens (including phenoxy) is 2. The Morgan fingerprint density at radius 2 is 2.21 bits per heavy atom. The largest absolute Gasteiger partial charge is 0.495 e. The van der Waals surface area contributed by atoms with E-state index in [1.165, 1.54) is 16.8 Å². The molecule has 0 radical (unpaired) electrons. The van der Waals surface area contributed by atoms with Crippen LogP contribution in [0.1, 0.15) is 11.1 Å². The van der Waals surface area contributed by atoms with Gasteiger partial charge in [-0.2, -0.15) is 0 Å². The summed E-state index contributed by atoms with van der Waals surface area (Å²) in [6, 6.07) is 4.66. The van der Waals surface area contributed by atoms with Crippen LogP contribution < -0.4 is 15.0 Å². The molecule has 4 heteroatoms. The number of nitrogens with one attached hydrogen (secondary N) is 1. The molecule has 0 aromatic heterocycles. The second-order valence-electron chi connectivity index (χ2n) is 5.24. The first-order chi connectivity index (χ1) is 9.11. The van der Waals surface area contributed by atoms with E-state index in [-0.39, 0.29) is 0 Å². The van der Waals surface area contributed by atoms with E-state index >= 15 is 0 Å². The van der Waals surface area contributed by atoms with Gasteiger partial charge in [-0.25, -0.2) is 0 Å². The third kappa shape index (κ3) is 3.39. The second-order valence-corrected chi connectivity index (χ2v) is 5.24. The first-order valence-corrected chi connectivity index (χ1v) is 6.79. The number of likely N-dealkylation sites (N-methyl/N-ethyl adjacent to an activating group) is 1. The zero-order chi connectivity index (χ0) is 13.8. The normalized spacial score (nSPS) is 19.3. The van der Waals surface area contributed by atoms with Crippen LogP contribution in [-0.2, 0) is 4.74 Å². The Morgan fingerprint density at radius 1 is 1.42 bits per heavy atom. The standard InChI is InChI=1S/C15H24N2O2/c1-11-7-12(2)15(14(8-11)18-4)17(3)9-13-10-19-6-5-16-13/h7-8,13,16H,5-6,9-10H2,1-4H3. The third-order valence-electron chi connectivity index (χ3n) is 3.50. The molecule has 1 aliphatic rings. The van der Waals surface area contributed by atoms with Crippen LogP contribution in [0, 0.1) is 13.8 Å². The number of rotatable bonds is 4. The van der Waals surface area contributed by atoms with Gasteiger partial charge < -0.3 is 19.7 Å². The molecule has 1 saturated heterocycles. The predicted octanol–water partition coefficient (Wildman–Crippen LogP) is 1.74. The summed E-state index contributed by atoms with van der Waals surface area (Å²) in [6.45, 7) is 7.66. The summed E-state index contributed by atoms with van der Waals surface area (Å²) in [6.07, 6.45) is 0. The number of hydrogen-bond acceptors (Lipinski definition) is 4. The topological polar surface area (TPSA) is 33.7 Å². The van der Waals surface area contributed by atoms with Gasteiger partial charge in [-0.1, -0.05) is 6.07 Å². The fraction of sp³-hybridized carbons (Fsp3) is 0.600. The van der Waals surface area contributed by atoms with Crippen LogP contribution in [-0.4, -0.2) is 46.5 Å². The summed E-state index contributed by atoms with van der Waals surface area (Å²) < 4.78 is 11.0. The second kappa shape index (κ2) is 6.26. The van der Waals surface area contributed by atoms with Crippen LogP contribution in [0.15, 0.2) is 12.1 Å². The lowest BCUT2D eigenvalue weighted by molar-refractivity contribution is 0.0791. The van der Waals surface area contributed by atoms with E-state index in [9.17, 15) is 0 Å². The van der Waals surface area contributed by atoms with Crippen molar-refractivity contribution in [2.75, 3.05) is 45.4 Å². The molecular weight excluding hydrogens is 240 g/mol. The number of morpholine rings is 1. The number of methoxy groups -OCH3 is 1. The number of benzene rings is 1. The lowest BCUT2D eigenvalue weighted by atomic mass is 10.1. The minimum absolute atomic E-state index is 0.379. The maximum Gasteiger partial charge on any atom is 0.142 e. The van der Waals surface area contributed by atoms with E-state index in [1.807, 2.05) is 0 Å². The van der Waals surface area contributed by atoms with Gasteiger partial charge in [-0.15, -0.1) is 0 Å². The maximum atomic E-state index is 5.52. The minimum Gasteiger partial charge on any atom is -0.495 e. The molecule has 1 unspecified atom stereocenters. The zero-order valence-corrected chi connectivity index (χ0v) is 12.3. The molecule has 106 valence electrons. The molecule has 1 heterocycles. The van der Waals surface area contributed by atoms with Gasteiger partial charge in [0, 0.05) is 26.2 Å². The summed E-state index contributed by atoms with van der Waals surface area (Å²) in [4.78, 5) is 2.25. The lowest BCUT2D eigenvalue weighted by Gasteiger charge is -2.31. The van der Waals surface area contributed by atoms with Crippen LogP contribution in [0.5, 0.6) is 5.75 Å². The molecule has 1 fully saturated rings. The highest BCUT2D eigenvalue weighted by Crippen LogP contribution is 2.32. The van der Waals surface area contributed by atoms with E-state index in [0.717, 1.165) is 32.1 Å². The SMILES string of the molecule is COc1cc(C)cc(C)c1N(C)CC1COCCN1. The Balaban J connectivity index is 2.15. The van der Waals surface area contributed by atoms with Crippen molar-refractivity contribution in [3.8, 4) is 5.75 Å². The molecule has 0 bridgehead atoms. The number of aryl methyl sites for hydroxylation is 2. The van der Waals surface area contributed by atoms with E-state index in [0.29, 0.717) is 6.04 Å². The van der Waals surface area contributed by atoms with Crippen LogP contribution in [0.4, 0.5) is 5.69 Å². The number of hydrogen-bond donors (Lipinski definition) is 1.